The van der Waals surface area contributed by atoms with Crippen LogP contribution in [0.5, 0.6) is 0 Å². The van der Waals surface area contributed by atoms with Crippen molar-refractivity contribution >= 4 is 17.5 Å². The molecule has 1 aromatic carbocycles. The Morgan fingerprint density at radius 1 is 1.32 bits per heavy atom. The molecule has 104 valence electrons. The minimum Gasteiger partial charge on any atom is -0.338 e. The van der Waals surface area contributed by atoms with Gasteiger partial charge in [0.2, 0.25) is 0 Å². The van der Waals surface area contributed by atoms with Crippen LogP contribution in [0.15, 0.2) is 12.1 Å². The number of carbonyl (C=O) groups excluding carboxylic acids is 1. The van der Waals surface area contributed by atoms with Gasteiger partial charge in [0.1, 0.15) is 0 Å². The highest BCUT2D eigenvalue weighted by Gasteiger charge is 2.27. The van der Waals surface area contributed by atoms with Crippen LogP contribution in [0.1, 0.15) is 39.9 Å². The molecule has 0 aliphatic carbocycles. The summed E-state index contributed by atoms with van der Waals surface area (Å²) in [6.45, 7) is 7.85. The van der Waals surface area contributed by atoms with E-state index in [0.29, 0.717) is 11.8 Å². The Labute approximate surface area is 120 Å². The van der Waals surface area contributed by atoms with E-state index in [-0.39, 0.29) is 5.91 Å². The quantitative estimate of drug-likeness (QED) is 0.773. The number of hydrogen-bond donors (Lipinski definition) is 0. The molecule has 0 spiro atoms. The van der Waals surface area contributed by atoms with Crippen LogP contribution in [0.4, 0.5) is 0 Å². The van der Waals surface area contributed by atoms with Crippen molar-refractivity contribution in [3.63, 3.8) is 0 Å². The number of nitrogens with zero attached hydrogens (tertiary/aromatic N) is 1. The average molecular weight is 280 g/mol. The van der Waals surface area contributed by atoms with Gasteiger partial charge in [0.25, 0.3) is 5.91 Å². The van der Waals surface area contributed by atoms with Crippen molar-refractivity contribution < 1.29 is 4.79 Å². The van der Waals surface area contributed by atoms with Crippen molar-refractivity contribution in [1.29, 1.82) is 0 Å². The van der Waals surface area contributed by atoms with Crippen molar-refractivity contribution in [2.24, 2.45) is 5.92 Å². The summed E-state index contributed by atoms with van der Waals surface area (Å²) in [6, 6.07) is 4.18. The molecule has 0 N–H and O–H groups in total. The van der Waals surface area contributed by atoms with Crippen LogP contribution in [0, 0.1) is 26.7 Å². The Morgan fingerprint density at radius 2 is 1.95 bits per heavy atom. The van der Waals surface area contributed by atoms with Crippen LogP contribution in [0.3, 0.4) is 0 Å². The summed E-state index contributed by atoms with van der Waals surface area (Å²) in [4.78, 5) is 14.6. The van der Waals surface area contributed by atoms with E-state index in [1.807, 2.05) is 18.7 Å². The zero-order valence-electron chi connectivity index (χ0n) is 12.0. The second kappa shape index (κ2) is 5.96. The molecule has 3 heteroatoms. The fourth-order valence-electron chi connectivity index (χ4n) is 3.08. The molecule has 1 atom stereocenters. The van der Waals surface area contributed by atoms with Gasteiger partial charge in [-0.25, -0.2) is 0 Å². The maximum absolute atomic E-state index is 12.6. The highest BCUT2D eigenvalue weighted by molar-refractivity contribution is 6.17. The first-order valence-electron chi connectivity index (χ1n) is 6.96. The van der Waals surface area contributed by atoms with E-state index in [4.69, 9.17) is 11.6 Å². The van der Waals surface area contributed by atoms with E-state index < -0.39 is 0 Å². The third-order valence-corrected chi connectivity index (χ3v) is 4.20. The fraction of sp³-hybridized carbons (Fsp3) is 0.562. The molecular formula is C16H22ClNO. The summed E-state index contributed by atoms with van der Waals surface area (Å²) in [5.41, 5.74) is 4.27. The highest BCUT2D eigenvalue weighted by atomic mass is 35.5. The lowest BCUT2D eigenvalue weighted by Gasteiger charge is -2.19. The predicted octanol–water partition coefficient (Wildman–Crippen LogP) is 3.70. The van der Waals surface area contributed by atoms with Gasteiger partial charge < -0.3 is 4.90 Å². The van der Waals surface area contributed by atoms with Gasteiger partial charge in [0.05, 0.1) is 0 Å². The number of likely N-dealkylation sites (tertiary alicyclic amines) is 1. The normalized spacial score (nSPS) is 18.9. The highest BCUT2D eigenvalue weighted by Crippen LogP contribution is 2.24. The van der Waals surface area contributed by atoms with Gasteiger partial charge in [-0.05, 0) is 50.7 Å². The molecule has 0 saturated carbocycles. The number of rotatable bonds is 3. The number of alkyl halides is 1. The molecule has 1 heterocycles. The van der Waals surface area contributed by atoms with Crippen molar-refractivity contribution in [2.45, 2.75) is 33.6 Å². The van der Waals surface area contributed by atoms with Crippen molar-refractivity contribution in [1.82, 2.24) is 4.90 Å². The zero-order chi connectivity index (χ0) is 14.0. The van der Waals surface area contributed by atoms with Crippen LogP contribution >= 0.6 is 11.6 Å². The maximum Gasteiger partial charge on any atom is 0.254 e. The molecule has 1 amide bonds. The standard InChI is InChI=1S/C16H22ClNO/c1-11-8-12(2)15(13(3)9-11)16(19)18-7-5-14(10-18)4-6-17/h8-9,14H,4-7,10H2,1-3H3. The lowest BCUT2D eigenvalue weighted by atomic mass is 9.99. The molecule has 19 heavy (non-hydrogen) atoms. The number of amides is 1. The number of hydrogen-bond acceptors (Lipinski definition) is 1. The van der Waals surface area contributed by atoms with E-state index in [1.165, 1.54) is 5.56 Å². The Hall–Kier alpha value is -1.02. The summed E-state index contributed by atoms with van der Waals surface area (Å²) in [6.07, 6.45) is 2.10. The molecule has 2 rings (SSSR count). The Kier molecular flexibility index (Phi) is 4.51. The van der Waals surface area contributed by atoms with Gasteiger partial charge >= 0.3 is 0 Å². The summed E-state index contributed by atoms with van der Waals surface area (Å²) < 4.78 is 0. The van der Waals surface area contributed by atoms with Crippen molar-refractivity contribution in [2.75, 3.05) is 19.0 Å². The van der Waals surface area contributed by atoms with E-state index in [1.54, 1.807) is 0 Å². The largest absolute Gasteiger partial charge is 0.338 e. The van der Waals surface area contributed by atoms with Gasteiger partial charge in [-0.2, -0.15) is 0 Å². The third-order valence-electron chi connectivity index (χ3n) is 3.98. The molecule has 1 aliphatic heterocycles. The van der Waals surface area contributed by atoms with Crippen LogP contribution in [-0.2, 0) is 0 Å². The van der Waals surface area contributed by atoms with Gasteiger partial charge in [0.15, 0.2) is 0 Å². The Balaban J connectivity index is 2.17. The summed E-state index contributed by atoms with van der Waals surface area (Å²) in [5, 5.41) is 0. The summed E-state index contributed by atoms with van der Waals surface area (Å²) in [5.74, 6) is 1.45. The van der Waals surface area contributed by atoms with E-state index in [9.17, 15) is 4.79 Å². The average Bonchev–Trinajstić information content (AvgIpc) is 2.76. The van der Waals surface area contributed by atoms with Crippen molar-refractivity contribution in [3.8, 4) is 0 Å². The van der Waals surface area contributed by atoms with Crippen LogP contribution in [0.25, 0.3) is 0 Å². The van der Waals surface area contributed by atoms with Crippen molar-refractivity contribution in [3.05, 3.63) is 34.4 Å². The first-order chi connectivity index (χ1) is 9.02. The fourth-order valence-corrected chi connectivity index (χ4v) is 3.39. The smallest absolute Gasteiger partial charge is 0.254 e. The van der Waals surface area contributed by atoms with Gasteiger partial charge in [-0.3, -0.25) is 4.79 Å². The van der Waals surface area contributed by atoms with Gasteiger partial charge in [-0.15, -0.1) is 11.6 Å². The van der Waals surface area contributed by atoms with Crippen LogP contribution in [0.2, 0.25) is 0 Å². The zero-order valence-corrected chi connectivity index (χ0v) is 12.8. The molecule has 2 nitrogen and oxygen atoms in total. The lowest BCUT2D eigenvalue weighted by Crippen LogP contribution is -2.30. The lowest BCUT2D eigenvalue weighted by molar-refractivity contribution is 0.0785. The Bertz CT molecular complexity index is 461. The molecule has 1 aromatic rings. The molecule has 1 fully saturated rings. The third kappa shape index (κ3) is 3.11. The molecule has 0 bridgehead atoms. The second-order valence-corrected chi connectivity index (χ2v) is 6.04. The second-order valence-electron chi connectivity index (χ2n) is 5.66. The molecule has 0 aromatic heterocycles. The monoisotopic (exact) mass is 279 g/mol. The number of halogens is 1. The first kappa shape index (κ1) is 14.4. The number of benzene rings is 1. The first-order valence-corrected chi connectivity index (χ1v) is 7.49. The van der Waals surface area contributed by atoms with Gasteiger partial charge in [-0.1, -0.05) is 17.7 Å². The van der Waals surface area contributed by atoms with E-state index in [2.05, 4.69) is 19.1 Å². The molecular weight excluding hydrogens is 258 g/mol. The predicted molar refractivity (Wildman–Crippen MR) is 80.0 cm³/mol. The van der Waals surface area contributed by atoms with E-state index in [0.717, 1.165) is 42.6 Å². The SMILES string of the molecule is Cc1cc(C)c(C(=O)N2CCC(CCCl)C2)c(C)c1. The Morgan fingerprint density at radius 3 is 2.53 bits per heavy atom. The molecule has 1 aliphatic rings. The summed E-state index contributed by atoms with van der Waals surface area (Å²) in [7, 11) is 0. The summed E-state index contributed by atoms with van der Waals surface area (Å²) >= 11 is 5.79. The van der Waals surface area contributed by atoms with Crippen LogP contribution in [-0.4, -0.2) is 29.8 Å². The van der Waals surface area contributed by atoms with E-state index >= 15 is 0 Å². The molecule has 0 radical (unpaired) electrons. The van der Waals surface area contributed by atoms with Gasteiger partial charge in [0, 0.05) is 24.5 Å². The number of aryl methyl sites for hydroxylation is 3. The molecule has 1 saturated heterocycles. The molecule has 1 unspecified atom stereocenters. The minimum absolute atomic E-state index is 0.187. The topological polar surface area (TPSA) is 20.3 Å². The number of carbonyl (C=O) groups is 1. The minimum atomic E-state index is 0.187. The maximum atomic E-state index is 12.6. The van der Waals surface area contributed by atoms with Crippen LogP contribution < -0.4 is 0 Å².